The Kier molecular flexibility index (Phi) is 5.82. The van der Waals surface area contributed by atoms with Gasteiger partial charge in [-0.05, 0) is 24.1 Å². The number of hydrogen-bond acceptors (Lipinski definition) is 1. The van der Waals surface area contributed by atoms with Crippen LogP contribution in [0.4, 0.5) is 0 Å². The summed E-state index contributed by atoms with van der Waals surface area (Å²) < 4.78 is 5.60. The van der Waals surface area contributed by atoms with E-state index in [2.05, 4.69) is 38.1 Å². The lowest BCUT2D eigenvalue weighted by Crippen LogP contribution is -1.96. The van der Waals surface area contributed by atoms with Crippen LogP contribution in [0.1, 0.15) is 26.7 Å². The molecular formula is C12H19OP. The minimum absolute atomic E-state index is 0.508. The molecule has 0 saturated heterocycles. The number of benzene rings is 1. The third kappa shape index (κ3) is 5.36. The summed E-state index contributed by atoms with van der Waals surface area (Å²) >= 11 is 0. The molecule has 1 aromatic rings. The lowest BCUT2D eigenvalue weighted by molar-refractivity contribution is 0.339. The van der Waals surface area contributed by atoms with Crippen LogP contribution in [0.5, 0.6) is 0 Å². The van der Waals surface area contributed by atoms with Crippen molar-refractivity contribution in [1.29, 1.82) is 0 Å². The van der Waals surface area contributed by atoms with Crippen molar-refractivity contribution >= 4 is 14.1 Å². The highest BCUT2D eigenvalue weighted by molar-refractivity contribution is 7.41. The molecule has 0 aliphatic rings. The van der Waals surface area contributed by atoms with Crippen molar-refractivity contribution in [2.75, 3.05) is 6.61 Å². The lowest BCUT2D eigenvalue weighted by atomic mass is 10.1. The molecule has 0 amide bonds. The predicted octanol–water partition coefficient (Wildman–Crippen LogP) is 3.36. The molecule has 0 N–H and O–H groups in total. The van der Waals surface area contributed by atoms with Gasteiger partial charge in [-0.25, -0.2) is 0 Å². The van der Waals surface area contributed by atoms with E-state index in [-0.39, 0.29) is 0 Å². The third-order valence-electron chi connectivity index (χ3n) is 1.99. The zero-order valence-electron chi connectivity index (χ0n) is 8.99. The third-order valence-corrected chi connectivity index (χ3v) is 2.91. The molecule has 0 aromatic heterocycles. The summed E-state index contributed by atoms with van der Waals surface area (Å²) in [7, 11) is 0.508. The Bertz CT molecular complexity index is 233. The van der Waals surface area contributed by atoms with E-state index in [0.29, 0.717) is 8.81 Å². The highest BCUT2D eigenvalue weighted by Gasteiger charge is 1.95. The summed E-state index contributed by atoms with van der Waals surface area (Å²) in [6.07, 6.45) is 2.44. The molecule has 1 rings (SSSR count). The zero-order chi connectivity index (χ0) is 10.2. The molecule has 0 radical (unpaired) electrons. The smallest absolute Gasteiger partial charge is 0.0510 e. The fraction of sp³-hybridized carbons (Fsp3) is 0.500. The molecule has 1 nitrogen and oxygen atoms in total. The summed E-state index contributed by atoms with van der Waals surface area (Å²) in [6.45, 7) is 5.39. The fourth-order valence-electron chi connectivity index (χ4n) is 1.20. The second-order valence-corrected chi connectivity index (χ2v) is 4.92. The summed E-state index contributed by atoms with van der Waals surface area (Å²) in [5.41, 5.74) is 0. The average molecular weight is 210 g/mol. The zero-order valence-corrected chi connectivity index (χ0v) is 9.99. The van der Waals surface area contributed by atoms with Gasteiger partial charge in [0, 0.05) is 8.81 Å². The Labute approximate surface area is 88.7 Å². The first-order valence-electron chi connectivity index (χ1n) is 5.22. The van der Waals surface area contributed by atoms with Crippen LogP contribution < -0.4 is 5.30 Å². The Balaban J connectivity index is 2.05. The van der Waals surface area contributed by atoms with E-state index in [0.717, 1.165) is 12.5 Å². The maximum absolute atomic E-state index is 5.60. The Morgan fingerprint density at radius 3 is 2.57 bits per heavy atom. The van der Waals surface area contributed by atoms with Crippen LogP contribution in [-0.4, -0.2) is 6.61 Å². The highest BCUT2D eigenvalue weighted by atomic mass is 31.1. The monoisotopic (exact) mass is 210 g/mol. The first-order chi connectivity index (χ1) is 6.79. The molecular weight excluding hydrogens is 191 g/mol. The standard InChI is InChI=1S/C12H19OP/c1-11(2)7-6-10-13-14-12-8-4-3-5-9-12/h3-5,8-9,11,14H,6-7,10H2,1-2H3. The van der Waals surface area contributed by atoms with Crippen LogP contribution >= 0.6 is 8.81 Å². The van der Waals surface area contributed by atoms with E-state index in [9.17, 15) is 0 Å². The Hall–Kier alpha value is -0.390. The fourth-order valence-corrected chi connectivity index (χ4v) is 1.95. The quantitative estimate of drug-likeness (QED) is 0.516. The molecule has 0 fully saturated rings. The maximum Gasteiger partial charge on any atom is 0.0510 e. The largest absolute Gasteiger partial charge is 0.358 e. The van der Waals surface area contributed by atoms with Gasteiger partial charge < -0.3 is 4.52 Å². The SMILES string of the molecule is CC(C)CCCOPc1ccccc1. The summed E-state index contributed by atoms with van der Waals surface area (Å²) in [5.74, 6) is 0.790. The van der Waals surface area contributed by atoms with Crippen molar-refractivity contribution in [2.24, 2.45) is 5.92 Å². The van der Waals surface area contributed by atoms with Crippen molar-refractivity contribution in [2.45, 2.75) is 26.7 Å². The molecule has 14 heavy (non-hydrogen) atoms. The van der Waals surface area contributed by atoms with E-state index in [1.807, 2.05) is 6.07 Å². The van der Waals surface area contributed by atoms with Crippen molar-refractivity contribution in [3.8, 4) is 0 Å². The first-order valence-corrected chi connectivity index (χ1v) is 6.12. The number of hydrogen-bond donors (Lipinski definition) is 0. The van der Waals surface area contributed by atoms with Crippen molar-refractivity contribution in [3.63, 3.8) is 0 Å². The molecule has 1 unspecified atom stereocenters. The van der Waals surface area contributed by atoms with E-state index in [1.54, 1.807) is 0 Å². The first kappa shape index (κ1) is 11.7. The minimum Gasteiger partial charge on any atom is -0.358 e. The van der Waals surface area contributed by atoms with Gasteiger partial charge in [0.1, 0.15) is 0 Å². The molecule has 0 aliphatic heterocycles. The van der Waals surface area contributed by atoms with Gasteiger partial charge in [0.25, 0.3) is 0 Å². The van der Waals surface area contributed by atoms with Gasteiger partial charge in [-0.2, -0.15) is 0 Å². The molecule has 2 heteroatoms. The topological polar surface area (TPSA) is 9.23 Å². The van der Waals surface area contributed by atoms with E-state index >= 15 is 0 Å². The van der Waals surface area contributed by atoms with E-state index in [4.69, 9.17) is 4.52 Å². The molecule has 0 aliphatic carbocycles. The van der Waals surface area contributed by atoms with Crippen LogP contribution in [0.25, 0.3) is 0 Å². The van der Waals surface area contributed by atoms with Crippen LogP contribution in [0, 0.1) is 5.92 Å². The summed E-state index contributed by atoms with van der Waals surface area (Å²) in [4.78, 5) is 0. The van der Waals surface area contributed by atoms with Crippen molar-refractivity contribution < 1.29 is 4.52 Å². The van der Waals surface area contributed by atoms with E-state index in [1.165, 1.54) is 18.1 Å². The van der Waals surface area contributed by atoms with Gasteiger partial charge >= 0.3 is 0 Å². The summed E-state index contributed by atoms with van der Waals surface area (Å²) in [5, 5.41) is 1.29. The molecule has 78 valence electrons. The van der Waals surface area contributed by atoms with E-state index < -0.39 is 0 Å². The average Bonchev–Trinajstić information content (AvgIpc) is 2.18. The number of rotatable bonds is 6. The van der Waals surface area contributed by atoms with Gasteiger partial charge in [-0.1, -0.05) is 44.2 Å². The van der Waals surface area contributed by atoms with Crippen LogP contribution in [-0.2, 0) is 4.52 Å². The predicted molar refractivity (Wildman–Crippen MR) is 64.4 cm³/mol. The van der Waals surface area contributed by atoms with Crippen LogP contribution in [0.3, 0.4) is 0 Å². The van der Waals surface area contributed by atoms with Crippen molar-refractivity contribution in [1.82, 2.24) is 0 Å². The lowest BCUT2D eigenvalue weighted by Gasteiger charge is -2.05. The molecule has 0 spiro atoms. The second kappa shape index (κ2) is 6.98. The second-order valence-electron chi connectivity index (χ2n) is 3.85. The van der Waals surface area contributed by atoms with Gasteiger partial charge in [0.15, 0.2) is 0 Å². The van der Waals surface area contributed by atoms with Crippen LogP contribution in [0.2, 0.25) is 0 Å². The molecule has 0 saturated carbocycles. The normalized spacial score (nSPS) is 11.6. The van der Waals surface area contributed by atoms with Gasteiger partial charge in [-0.3, -0.25) is 0 Å². The highest BCUT2D eigenvalue weighted by Crippen LogP contribution is 2.13. The van der Waals surface area contributed by atoms with Gasteiger partial charge in [0.05, 0.1) is 6.61 Å². The molecule has 1 aromatic carbocycles. The molecule has 0 bridgehead atoms. The minimum atomic E-state index is 0.508. The van der Waals surface area contributed by atoms with Crippen LogP contribution in [0.15, 0.2) is 30.3 Å². The Morgan fingerprint density at radius 2 is 1.93 bits per heavy atom. The molecule has 1 atom stereocenters. The maximum atomic E-state index is 5.60. The van der Waals surface area contributed by atoms with Crippen molar-refractivity contribution in [3.05, 3.63) is 30.3 Å². The summed E-state index contributed by atoms with van der Waals surface area (Å²) in [6, 6.07) is 10.4. The van der Waals surface area contributed by atoms with Gasteiger partial charge in [-0.15, -0.1) is 0 Å². The molecule has 0 heterocycles. The van der Waals surface area contributed by atoms with Gasteiger partial charge in [0.2, 0.25) is 0 Å². The Morgan fingerprint density at radius 1 is 1.21 bits per heavy atom.